The van der Waals surface area contributed by atoms with E-state index in [0.29, 0.717) is 43.8 Å². The fourth-order valence-corrected chi connectivity index (χ4v) is 4.22. The number of benzene rings is 3. The minimum Gasteiger partial charge on any atom is -0.465 e. The number of hydrogen-bond donors (Lipinski definition) is 0. The SMILES string of the molecule is COC(=O)C(C#N)=Cc1ccc(N(CCOc2occ3ccccc23)CCOc2occ3ccccc23)cc1. The van der Waals surface area contributed by atoms with Crippen LogP contribution < -0.4 is 14.4 Å². The lowest BCUT2D eigenvalue weighted by molar-refractivity contribution is -0.135. The van der Waals surface area contributed by atoms with Crippen LogP contribution in [-0.2, 0) is 9.53 Å². The van der Waals surface area contributed by atoms with Crippen molar-refractivity contribution in [1.29, 1.82) is 5.26 Å². The molecule has 2 aromatic heterocycles. The van der Waals surface area contributed by atoms with Crippen molar-refractivity contribution in [2.45, 2.75) is 0 Å². The van der Waals surface area contributed by atoms with E-state index < -0.39 is 5.97 Å². The number of nitrogens with zero attached hydrogens (tertiary/aromatic N) is 2. The number of methoxy groups -OCH3 is 1. The zero-order chi connectivity index (χ0) is 27.0. The monoisotopic (exact) mass is 522 g/mol. The Balaban J connectivity index is 1.29. The number of esters is 1. The van der Waals surface area contributed by atoms with Crippen LogP contribution in [0.25, 0.3) is 27.6 Å². The summed E-state index contributed by atoms with van der Waals surface area (Å²) in [6.07, 6.45) is 4.86. The molecule has 2 heterocycles. The first-order valence-electron chi connectivity index (χ1n) is 12.4. The molecule has 0 atom stereocenters. The summed E-state index contributed by atoms with van der Waals surface area (Å²) in [5.74, 6) is 0.292. The molecule has 0 N–H and O–H groups in total. The van der Waals surface area contributed by atoms with Gasteiger partial charge in [0.25, 0.3) is 11.9 Å². The highest BCUT2D eigenvalue weighted by Crippen LogP contribution is 2.29. The third-order valence-electron chi connectivity index (χ3n) is 6.23. The Labute approximate surface area is 225 Å². The molecular formula is C31H26N2O6. The van der Waals surface area contributed by atoms with E-state index in [2.05, 4.69) is 9.64 Å². The predicted octanol–water partition coefficient (Wildman–Crippen LogP) is 6.22. The number of rotatable bonds is 11. The average molecular weight is 523 g/mol. The first-order valence-corrected chi connectivity index (χ1v) is 12.4. The first kappa shape index (κ1) is 25.5. The van der Waals surface area contributed by atoms with E-state index >= 15 is 0 Å². The van der Waals surface area contributed by atoms with Crippen LogP contribution in [0.3, 0.4) is 0 Å². The topological polar surface area (TPSA) is 98.1 Å². The number of hydrogen-bond acceptors (Lipinski definition) is 8. The molecule has 5 aromatic rings. The maximum atomic E-state index is 11.8. The number of carbonyl (C=O) groups excluding carboxylic acids is 1. The fourth-order valence-electron chi connectivity index (χ4n) is 4.22. The number of anilines is 1. The molecule has 5 rings (SSSR count). The van der Waals surface area contributed by atoms with Gasteiger partial charge in [-0.1, -0.05) is 48.5 Å². The Hall–Kier alpha value is -5.16. The zero-order valence-corrected chi connectivity index (χ0v) is 21.3. The van der Waals surface area contributed by atoms with E-state index in [1.807, 2.05) is 78.9 Å². The summed E-state index contributed by atoms with van der Waals surface area (Å²) in [7, 11) is 1.25. The quantitative estimate of drug-likeness (QED) is 0.114. The maximum Gasteiger partial charge on any atom is 0.348 e. The van der Waals surface area contributed by atoms with E-state index in [1.165, 1.54) is 13.2 Å². The molecule has 0 fully saturated rings. The minimum atomic E-state index is -0.673. The van der Waals surface area contributed by atoms with Crippen molar-refractivity contribution < 1.29 is 27.8 Å². The Bertz CT molecular complexity index is 1560. The third-order valence-corrected chi connectivity index (χ3v) is 6.23. The van der Waals surface area contributed by atoms with Crippen LogP contribution in [0.1, 0.15) is 5.56 Å². The minimum absolute atomic E-state index is 0.0692. The molecule has 0 saturated carbocycles. The van der Waals surface area contributed by atoms with Gasteiger partial charge in [-0.15, -0.1) is 0 Å². The summed E-state index contributed by atoms with van der Waals surface area (Å²) < 4.78 is 27.9. The van der Waals surface area contributed by atoms with Gasteiger partial charge in [-0.05, 0) is 35.9 Å². The Kier molecular flexibility index (Phi) is 7.79. The molecule has 3 aromatic carbocycles. The van der Waals surface area contributed by atoms with E-state index in [-0.39, 0.29) is 5.57 Å². The molecule has 0 bridgehead atoms. The number of ether oxygens (including phenoxy) is 3. The lowest BCUT2D eigenvalue weighted by Crippen LogP contribution is -2.32. The predicted molar refractivity (Wildman–Crippen MR) is 148 cm³/mol. The largest absolute Gasteiger partial charge is 0.465 e. The molecule has 0 spiro atoms. The van der Waals surface area contributed by atoms with Crippen LogP contribution in [0.15, 0.2) is 99.7 Å². The zero-order valence-electron chi connectivity index (χ0n) is 21.3. The molecule has 0 aliphatic carbocycles. The molecule has 8 nitrogen and oxygen atoms in total. The molecule has 8 heteroatoms. The van der Waals surface area contributed by atoms with Gasteiger partial charge in [-0.25, -0.2) is 4.79 Å². The van der Waals surface area contributed by atoms with Gasteiger partial charge in [-0.3, -0.25) is 0 Å². The molecule has 0 unspecified atom stereocenters. The molecule has 0 aliphatic rings. The second-order valence-electron chi connectivity index (χ2n) is 8.66. The lowest BCUT2D eigenvalue weighted by atomic mass is 10.1. The van der Waals surface area contributed by atoms with E-state index in [9.17, 15) is 10.1 Å². The van der Waals surface area contributed by atoms with Crippen molar-refractivity contribution in [2.24, 2.45) is 0 Å². The smallest absolute Gasteiger partial charge is 0.348 e. The first-order chi connectivity index (χ1) is 19.2. The Morgan fingerprint density at radius 1 is 0.846 bits per heavy atom. The summed E-state index contributed by atoms with van der Waals surface area (Å²) in [4.78, 5) is 13.9. The highest BCUT2D eigenvalue weighted by Gasteiger charge is 2.13. The molecule has 0 aliphatic heterocycles. The number of furan rings is 2. The molecule has 0 radical (unpaired) electrons. The molecule has 39 heavy (non-hydrogen) atoms. The standard InChI is InChI=1S/C31H26N2O6/c1-35-29(34)25(19-32)18-22-10-12-26(13-11-22)33(14-16-36-30-27-8-4-2-6-23(27)20-38-30)15-17-37-31-28-9-5-3-7-24(28)21-39-31/h2-13,18,20-21H,14-17H2,1H3. The average Bonchev–Trinajstić information content (AvgIpc) is 3.59. The van der Waals surface area contributed by atoms with Crippen LogP contribution in [0.5, 0.6) is 11.9 Å². The van der Waals surface area contributed by atoms with Gasteiger partial charge in [0.2, 0.25) is 0 Å². The van der Waals surface area contributed by atoms with E-state index in [4.69, 9.17) is 18.3 Å². The van der Waals surface area contributed by atoms with Crippen LogP contribution in [0, 0.1) is 11.3 Å². The van der Waals surface area contributed by atoms with Crippen LogP contribution in [0.4, 0.5) is 5.69 Å². The van der Waals surface area contributed by atoms with Crippen molar-refractivity contribution >= 4 is 39.3 Å². The normalized spacial score (nSPS) is 11.3. The van der Waals surface area contributed by atoms with Crippen molar-refractivity contribution in [1.82, 2.24) is 0 Å². The van der Waals surface area contributed by atoms with E-state index in [0.717, 1.165) is 27.2 Å². The highest BCUT2D eigenvalue weighted by molar-refractivity contribution is 5.97. The summed E-state index contributed by atoms with van der Waals surface area (Å²) in [6, 6.07) is 25.1. The van der Waals surface area contributed by atoms with Crippen LogP contribution in [0.2, 0.25) is 0 Å². The molecular weight excluding hydrogens is 496 g/mol. The van der Waals surface area contributed by atoms with Crippen molar-refractivity contribution in [3.8, 4) is 18.0 Å². The summed E-state index contributed by atoms with van der Waals surface area (Å²) in [6.45, 7) is 1.86. The third kappa shape index (κ3) is 5.89. The van der Waals surface area contributed by atoms with Crippen molar-refractivity contribution in [3.63, 3.8) is 0 Å². The Morgan fingerprint density at radius 2 is 1.38 bits per heavy atom. The second-order valence-corrected chi connectivity index (χ2v) is 8.66. The fraction of sp³-hybridized carbons (Fsp3) is 0.161. The van der Waals surface area contributed by atoms with Gasteiger partial charge < -0.3 is 27.9 Å². The van der Waals surface area contributed by atoms with Crippen LogP contribution >= 0.6 is 0 Å². The number of fused-ring (bicyclic) bond motifs is 2. The summed E-state index contributed by atoms with van der Waals surface area (Å²) >= 11 is 0. The molecule has 0 saturated heterocycles. The van der Waals surface area contributed by atoms with Crippen LogP contribution in [-0.4, -0.2) is 39.4 Å². The second kappa shape index (κ2) is 11.9. The number of nitriles is 1. The molecule has 196 valence electrons. The van der Waals surface area contributed by atoms with Crippen molar-refractivity contribution in [3.05, 3.63) is 96.5 Å². The van der Waals surface area contributed by atoms with Gasteiger partial charge >= 0.3 is 5.97 Å². The van der Waals surface area contributed by atoms with Gasteiger partial charge in [-0.2, -0.15) is 5.26 Å². The maximum absolute atomic E-state index is 11.8. The van der Waals surface area contributed by atoms with Crippen molar-refractivity contribution in [2.75, 3.05) is 38.3 Å². The van der Waals surface area contributed by atoms with Gasteiger partial charge in [0.15, 0.2) is 0 Å². The van der Waals surface area contributed by atoms with Gasteiger partial charge in [0.1, 0.15) is 37.4 Å². The van der Waals surface area contributed by atoms with E-state index in [1.54, 1.807) is 12.5 Å². The van der Waals surface area contributed by atoms with Gasteiger partial charge in [0.05, 0.1) is 31.0 Å². The summed E-state index contributed by atoms with van der Waals surface area (Å²) in [5, 5.41) is 13.1. The summed E-state index contributed by atoms with van der Waals surface area (Å²) in [5.41, 5.74) is 1.56. The lowest BCUT2D eigenvalue weighted by Gasteiger charge is -2.24. The van der Waals surface area contributed by atoms with Gasteiger partial charge in [0, 0.05) is 16.5 Å². The Morgan fingerprint density at radius 3 is 1.90 bits per heavy atom. The molecule has 0 amide bonds. The number of carbonyl (C=O) groups is 1. The highest BCUT2D eigenvalue weighted by atomic mass is 16.6.